The second-order valence-corrected chi connectivity index (χ2v) is 7.80. The van der Waals surface area contributed by atoms with Crippen molar-refractivity contribution >= 4 is 23.2 Å². The number of aromatic nitrogens is 1. The molecule has 0 unspecified atom stereocenters. The van der Waals surface area contributed by atoms with Crippen LogP contribution in [0.5, 0.6) is 11.5 Å². The Labute approximate surface area is 175 Å². The Morgan fingerprint density at radius 2 is 1.36 bits per heavy atom. The summed E-state index contributed by atoms with van der Waals surface area (Å²) in [6, 6.07) is 12.7. The average molecular weight is 417 g/mol. The van der Waals surface area contributed by atoms with E-state index in [0.717, 1.165) is 27.9 Å². The zero-order valence-corrected chi connectivity index (χ0v) is 17.3. The number of aromatic hydroxyl groups is 2. The van der Waals surface area contributed by atoms with Gasteiger partial charge in [0.1, 0.15) is 11.5 Å². The zero-order chi connectivity index (χ0) is 20.3. The Morgan fingerprint density at radius 3 is 1.82 bits per heavy atom. The molecule has 3 aromatic rings. The Morgan fingerprint density at radius 1 is 0.821 bits per heavy atom. The highest BCUT2D eigenvalue weighted by Crippen LogP contribution is 2.31. The van der Waals surface area contributed by atoms with Gasteiger partial charge in [0, 0.05) is 47.0 Å². The van der Waals surface area contributed by atoms with Crippen molar-refractivity contribution in [3.63, 3.8) is 0 Å². The number of hydrogen-bond acceptors (Lipinski definition) is 4. The molecule has 0 saturated carbocycles. The molecule has 3 rings (SSSR count). The van der Waals surface area contributed by atoms with Gasteiger partial charge >= 0.3 is 0 Å². The summed E-state index contributed by atoms with van der Waals surface area (Å²) >= 11 is 12.4. The molecule has 6 heteroatoms. The lowest BCUT2D eigenvalue weighted by atomic mass is 10.1. The van der Waals surface area contributed by atoms with Crippen molar-refractivity contribution < 1.29 is 10.2 Å². The Balaban J connectivity index is 1.94. The highest BCUT2D eigenvalue weighted by atomic mass is 35.5. The predicted molar refractivity (Wildman–Crippen MR) is 113 cm³/mol. The minimum Gasteiger partial charge on any atom is -0.507 e. The Kier molecular flexibility index (Phi) is 6.45. The summed E-state index contributed by atoms with van der Waals surface area (Å²) in [5.74, 6) is 0.448. The minimum absolute atomic E-state index is 0.224. The van der Waals surface area contributed by atoms with Gasteiger partial charge in [-0.05, 0) is 61.4 Å². The van der Waals surface area contributed by atoms with Crippen LogP contribution in [0, 0.1) is 13.8 Å². The van der Waals surface area contributed by atoms with Crippen LogP contribution in [-0.4, -0.2) is 20.1 Å². The van der Waals surface area contributed by atoms with E-state index in [9.17, 15) is 10.2 Å². The molecule has 1 aromatic heterocycles. The number of aryl methyl sites for hydroxylation is 2. The van der Waals surface area contributed by atoms with E-state index in [-0.39, 0.29) is 11.5 Å². The highest BCUT2D eigenvalue weighted by molar-refractivity contribution is 6.31. The number of pyridine rings is 1. The number of phenolic OH excluding ortho intramolecular Hbond substituents is 2. The normalized spacial score (nSPS) is 11.2. The first-order chi connectivity index (χ1) is 13.3. The minimum atomic E-state index is 0.224. The van der Waals surface area contributed by atoms with Crippen molar-refractivity contribution in [2.75, 3.05) is 0 Å². The average Bonchev–Trinajstić information content (AvgIpc) is 2.64. The molecule has 0 aliphatic heterocycles. The largest absolute Gasteiger partial charge is 0.507 e. The monoisotopic (exact) mass is 416 g/mol. The molecule has 2 aromatic carbocycles. The molecule has 0 fully saturated rings. The molecule has 0 amide bonds. The predicted octanol–water partition coefficient (Wildman–Crippen LogP) is 5.62. The van der Waals surface area contributed by atoms with Gasteiger partial charge in [-0.3, -0.25) is 9.88 Å². The molecule has 4 nitrogen and oxygen atoms in total. The first-order valence-electron chi connectivity index (χ1n) is 8.91. The lowest BCUT2D eigenvalue weighted by Crippen LogP contribution is -2.23. The van der Waals surface area contributed by atoms with Crippen LogP contribution >= 0.6 is 23.2 Å². The summed E-state index contributed by atoms with van der Waals surface area (Å²) in [7, 11) is 0. The van der Waals surface area contributed by atoms with Crippen LogP contribution in [0.25, 0.3) is 0 Å². The van der Waals surface area contributed by atoms with E-state index in [2.05, 4.69) is 9.88 Å². The molecule has 2 N–H and O–H groups in total. The third-order valence-corrected chi connectivity index (χ3v) is 5.02. The van der Waals surface area contributed by atoms with Crippen LogP contribution in [-0.2, 0) is 19.6 Å². The van der Waals surface area contributed by atoms with Crippen LogP contribution in [0.3, 0.4) is 0 Å². The summed E-state index contributed by atoms with van der Waals surface area (Å²) < 4.78 is 0. The van der Waals surface area contributed by atoms with Gasteiger partial charge in [0.15, 0.2) is 0 Å². The van der Waals surface area contributed by atoms with E-state index >= 15 is 0 Å². The topological polar surface area (TPSA) is 56.6 Å². The van der Waals surface area contributed by atoms with Gasteiger partial charge in [-0.2, -0.15) is 0 Å². The maximum absolute atomic E-state index is 10.5. The zero-order valence-electron chi connectivity index (χ0n) is 15.8. The fraction of sp³-hybridized carbons (Fsp3) is 0.227. The van der Waals surface area contributed by atoms with Crippen molar-refractivity contribution in [3.8, 4) is 11.5 Å². The highest BCUT2D eigenvalue weighted by Gasteiger charge is 2.16. The number of hydrogen-bond donors (Lipinski definition) is 2. The molecule has 146 valence electrons. The molecular weight excluding hydrogens is 395 g/mol. The van der Waals surface area contributed by atoms with Crippen LogP contribution in [0.1, 0.15) is 27.9 Å². The van der Waals surface area contributed by atoms with Gasteiger partial charge in [0.05, 0.1) is 5.69 Å². The third-order valence-electron chi connectivity index (χ3n) is 4.59. The Hall–Kier alpha value is -2.27. The number of benzene rings is 2. The molecule has 28 heavy (non-hydrogen) atoms. The Bertz CT molecular complexity index is 919. The SMILES string of the molecule is Cc1cc(Cl)cc(CN(Cc2ccccn2)Cc2cc(Cl)cc(C)c2O)c1O. The lowest BCUT2D eigenvalue weighted by Gasteiger charge is -2.24. The van der Waals surface area contributed by atoms with Crippen LogP contribution in [0.2, 0.25) is 10.0 Å². The molecule has 0 aliphatic rings. The summed E-state index contributed by atoms with van der Waals surface area (Å²) in [6.07, 6.45) is 1.75. The van der Waals surface area contributed by atoms with Gasteiger partial charge in [-0.25, -0.2) is 0 Å². The van der Waals surface area contributed by atoms with Gasteiger partial charge in [-0.15, -0.1) is 0 Å². The van der Waals surface area contributed by atoms with Gasteiger partial charge in [-0.1, -0.05) is 29.3 Å². The number of rotatable bonds is 6. The van der Waals surface area contributed by atoms with Crippen molar-refractivity contribution in [2.45, 2.75) is 33.5 Å². The fourth-order valence-corrected chi connectivity index (χ4v) is 3.81. The second-order valence-electron chi connectivity index (χ2n) is 6.93. The molecule has 1 heterocycles. The van der Waals surface area contributed by atoms with E-state index in [0.29, 0.717) is 29.7 Å². The van der Waals surface area contributed by atoms with Crippen molar-refractivity contribution in [1.29, 1.82) is 0 Å². The van der Waals surface area contributed by atoms with Gasteiger partial charge < -0.3 is 10.2 Å². The van der Waals surface area contributed by atoms with Crippen molar-refractivity contribution in [3.05, 3.63) is 86.7 Å². The first kappa shape index (κ1) is 20.5. The maximum atomic E-state index is 10.5. The fourth-order valence-electron chi connectivity index (χ4n) is 3.22. The van der Waals surface area contributed by atoms with Gasteiger partial charge in [0.2, 0.25) is 0 Å². The second kappa shape index (κ2) is 8.82. The number of nitrogens with zero attached hydrogens (tertiary/aromatic N) is 2. The molecule has 0 bridgehead atoms. The van der Waals surface area contributed by atoms with Gasteiger partial charge in [0.25, 0.3) is 0 Å². The van der Waals surface area contributed by atoms with Crippen molar-refractivity contribution in [2.24, 2.45) is 0 Å². The van der Waals surface area contributed by atoms with Crippen molar-refractivity contribution in [1.82, 2.24) is 9.88 Å². The molecule has 0 aliphatic carbocycles. The quantitative estimate of drug-likeness (QED) is 0.547. The summed E-state index contributed by atoms with van der Waals surface area (Å²) in [6.45, 7) is 5.06. The standard InChI is InChI=1S/C22H22Cl2N2O2/c1-14-7-18(23)9-16(21(14)27)11-26(13-20-5-3-4-6-25-20)12-17-10-19(24)8-15(2)22(17)28/h3-10,27-28H,11-13H2,1-2H3. The number of halogens is 2. The van der Waals surface area contributed by atoms with E-state index in [4.69, 9.17) is 23.2 Å². The number of phenols is 2. The van der Waals surface area contributed by atoms with E-state index < -0.39 is 0 Å². The van der Waals surface area contributed by atoms with Crippen LogP contribution in [0.4, 0.5) is 0 Å². The lowest BCUT2D eigenvalue weighted by molar-refractivity contribution is 0.238. The molecular formula is C22H22Cl2N2O2. The smallest absolute Gasteiger partial charge is 0.123 e. The molecule has 0 spiro atoms. The summed E-state index contributed by atoms with van der Waals surface area (Å²) in [5, 5.41) is 22.1. The van der Waals surface area contributed by atoms with E-state index in [1.165, 1.54) is 0 Å². The molecule has 0 radical (unpaired) electrons. The third kappa shape index (κ3) is 4.96. The first-order valence-corrected chi connectivity index (χ1v) is 9.67. The molecule has 0 saturated heterocycles. The van der Waals surface area contributed by atoms with E-state index in [1.54, 1.807) is 30.5 Å². The molecule has 0 atom stereocenters. The van der Waals surface area contributed by atoms with Crippen LogP contribution in [0.15, 0.2) is 48.7 Å². The summed E-state index contributed by atoms with van der Waals surface area (Å²) in [5.41, 5.74) is 3.78. The van der Waals surface area contributed by atoms with E-state index in [1.807, 2.05) is 32.0 Å². The summed E-state index contributed by atoms with van der Waals surface area (Å²) in [4.78, 5) is 6.48. The maximum Gasteiger partial charge on any atom is 0.123 e. The van der Waals surface area contributed by atoms with Crippen LogP contribution < -0.4 is 0 Å².